The van der Waals surface area contributed by atoms with Gasteiger partial charge >= 0.3 is 0 Å². The van der Waals surface area contributed by atoms with E-state index >= 15 is 0 Å². The lowest BCUT2D eigenvalue weighted by molar-refractivity contribution is -0.116. The first kappa shape index (κ1) is 28.1. The number of benzene rings is 3. The standard InChI is InChI=1S/C31H23F3N4O4/c32-20-6-3-18(4-7-20)14-24-23-16-21(8-10-27(23)37-30(24)41)36-28(39)11-12-35-29(40)22-2-1-13-38(31(22)42)17-19-5-9-25(33)26(34)15-19/h1-10,13-16H,11-12,17H2,(H,35,40)(H,36,39)(H,37,41)/b24-14-. The molecule has 42 heavy (non-hydrogen) atoms. The molecule has 0 spiro atoms. The van der Waals surface area contributed by atoms with Crippen LogP contribution in [0.4, 0.5) is 24.5 Å². The maximum absolute atomic E-state index is 13.5. The van der Waals surface area contributed by atoms with E-state index in [0.29, 0.717) is 33.6 Å². The summed E-state index contributed by atoms with van der Waals surface area (Å²) in [7, 11) is 0. The molecular weight excluding hydrogens is 549 g/mol. The fourth-order valence-electron chi connectivity index (χ4n) is 4.41. The van der Waals surface area contributed by atoms with Gasteiger partial charge in [-0.05, 0) is 71.8 Å². The molecule has 0 radical (unpaired) electrons. The van der Waals surface area contributed by atoms with E-state index < -0.39 is 34.8 Å². The molecule has 0 atom stereocenters. The summed E-state index contributed by atoms with van der Waals surface area (Å²) in [4.78, 5) is 50.5. The average Bonchev–Trinajstić information content (AvgIpc) is 3.27. The van der Waals surface area contributed by atoms with Crippen LogP contribution in [-0.4, -0.2) is 28.8 Å². The van der Waals surface area contributed by atoms with Crippen LogP contribution in [0.1, 0.15) is 33.5 Å². The number of carbonyl (C=O) groups is 3. The molecule has 0 saturated heterocycles. The zero-order chi connectivity index (χ0) is 29.8. The van der Waals surface area contributed by atoms with Gasteiger partial charge in [-0.3, -0.25) is 19.2 Å². The van der Waals surface area contributed by atoms with Crippen molar-refractivity contribution in [2.45, 2.75) is 13.0 Å². The van der Waals surface area contributed by atoms with Gasteiger partial charge in [0.1, 0.15) is 11.4 Å². The second kappa shape index (κ2) is 12.0. The minimum atomic E-state index is -1.04. The largest absolute Gasteiger partial charge is 0.351 e. The second-order valence-corrected chi connectivity index (χ2v) is 9.48. The first-order valence-corrected chi connectivity index (χ1v) is 12.8. The Kier molecular flexibility index (Phi) is 8.00. The first-order valence-electron chi connectivity index (χ1n) is 12.8. The number of hydrogen-bond acceptors (Lipinski definition) is 4. The van der Waals surface area contributed by atoms with E-state index in [0.717, 1.165) is 12.1 Å². The van der Waals surface area contributed by atoms with Crippen LogP contribution >= 0.6 is 0 Å². The number of hydrogen-bond donors (Lipinski definition) is 3. The van der Waals surface area contributed by atoms with Gasteiger partial charge in [0.25, 0.3) is 17.4 Å². The summed E-state index contributed by atoms with van der Waals surface area (Å²) >= 11 is 0. The topological polar surface area (TPSA) is 109 Å². The minimum absolute atomic E-state index is 0.0666. The number of aromatic nitrogens is 1. The van der Waals surface area contributed by atoms with E-state index in [1.165, 1.54) is 41.1 Å². The molecule has 1 aromatic heterocycles. The van der Waals surface area contributed by atoms with Gasteiger partial charge in [-0.15, -0.1) is 0 Å². The number of pyridine rings is 1. The summed E-state index contributed by atoms with van der Waals surface area (Å²) < 4.78 is 41.2. The number of halogens is 3. The molecule has 11 heteroatoms. The molecule has 0 fully saturated rings. The molecule has 2 heterocycles. The summed E-state index contributed by atoms with van der Waals surface area (Å²) in [5.41, 5.74) is 2.10. The first-order chi connectivity index (χ1) is 20.2. The van der Waals surface area contributed by atoms with Gasteiger partial charge in [0.15, 0.2) is 11.6 Å². The molecule has 0 bridgehead atoms. The van der Waals surface area contributed by atoms with E-state index in [2.05, 4.69) is 16.0 Å². The number of carbonyl (C=O) groups excluding carboxylic acids is 3. The van der Waals surface area contributed by atoms with Crippen LogP contribution in [0.3, 0.4) is 0 Å². The molecule has 3 amide bonds. The van der Waals surface area contributed by atoms with E-state index in [1.54, 1.807) is 36.4 Å². The molecular formula is C31H23F3N4O4. The SMILES string of the molecule is O=C(CCNC(=O)c1cccn(Cc2ccc(F)c(F)c2)c1=O)Nc1ccc2c(c1)/C(=C/c1ccc(F)cc1)C(=O)N2. The predicted octanol–water partition coefficient (Wildman–Crippen LogP) is 4.57. The fraction of sp³-hybridized carbons (Fsp3) is 0.0968. The predicted molar refractivity (Wildman–Crippen MR) is 151 cm³/mol. The number of amides is 3. The highest BCUT2D eigenvalue weighted by Gasteiger charge is 2.24. The van der Waals surface area contributed by atoms with Gasteiger partial charge in [0.05, 0.1) is 6.54 Å². The Hall–Kier alpha value is -5.45. The average molecular weight is 573 g/mol. The van der Waals surface area contributed by atoms with Crippen molar-refractivity contribution in [3.05, 3.63) is 129 Å². The van der Waals surface area contributed by atoms with Crippen molar-refractivity contribution in [2.24, 2.45) is 0 Å². The number of anilines is 2. The van der Waals surface area contributed by atoms with Crippen molar-refractivity contribution in [1.29, 1.82) is 0 Å². The fourth-order valence-corrected chi connectivity index (χ4v) is 4.41. The Morgan fingerprint density at radius 3 is 2.45 bits per heavy atom. The van der Waals surface area contributed by atoms with Crippen LogP contribution in [0.5, 0.6) is 0 Å². The number of nitrogens with one attached hydrogen (secondary N) is 3. The Morgan fingerprint density at radius 2 is 1.69 bits per heavy atom. The highest BCUT2D eigenvalue weighted by molar-refractivity contribution is 6.35. The molecule has 1 aliphatic heterocycles. The van der Waals surface area contributed by atoms with Gasteiger partial charge < -0.3 is 20.5 Å². The van der Waals surface area contributed by atoms with Gasteiger partial charge in [-0.25, -0.2) is 13.2 Å². The molecule has 8 nitrogen and oxygen atoms in total. The van der Waals surface area contributed by atoms with Crippen molar-refractivity contribution in [3.8, 4) is 0 Å². The highest BCUT2D eigenvalue weighted by Crippen LogP contribution is 2.35. The van der Waals surface area contributed by atoms with Crippen LogP contribution in [-0.2, 0) is 16.1 Å². The van der Waals surface area contributed by atoms with Crippen LogP contribution in [0, 0.1) is 17.5 Å². The van der Waals surface area contributed by atoms with Gasteiger partial charge in [-0.1, -0.05) is 18.2 Å². The van der Waals surface area contributed by atoms with Gasteiger partial charge in [0, 0.05) is 41.7 Å². The molecule has 3 N–H and O–H groups in total. The molecule has 212 valence electrons. The van der Waals surface area contributed by atoms with Crippen molar-refractivity contribution < 1.29 is 27.6 Å². The maximum atomic E-state index is 13.5. The number of rotatable bonds is 8. The molecule has 4 aromatic rings. The Bertz CT molecular complexity index is 1800. The van der Waals surface area contributed by atoms with E-state index in [4.69, 9.17) is 0 Å². The van der Waals surface area contributed by atoms with E-state index in [9.17, 15) is 32.3 Å². The summed E-state index contributed by atoms with van der Waals surface area (Å²) in [5, 5.41) is 8.00. The van der Waals surface area contributed by atoms with Crippen LogP contribution in [0.25, 0.3) is 11.6 Å². The minimum Gasteiger partial charge on any atom is -0.351 e. The summed E-state index contributed by atoms with van der Waals surface area (Å²) in [6.45, 7) is -0.134. The molecule has 0 aliphatic carbocycles. The lowest BCUT2D eigenvalue weighted by Crippen LogP contribution is -2.34. The van der Waals surface area contributed by atoms with Gasteiger partial charge in [0.2, 0.25) is 5.91 Å². The van der Waals surface area contributed by atoms with E-state index in [1.807, 2.05) is 0 Å². The van der Waals surface area contributed by atoms with Crippen molar-refractivity contribution in [1.82, 2.24) is 9.88 Å². The number of fused-ring (bicyclic) bond motifs is 1. The Morgan fingerprint density at radius 1 is 0.905 bits per heavy atom. The quantitative estimate of drug-likeness (QED) is 0.269. The van der Waals surface area contributed by atoms with Crippen molar-refractivity contribution >= 4 is 40.7 Å². The third kappa shape index (κ3) is 6.30. The van der Waals surface area contributed by atoms with Crippen LogP contribution in [0.2, 0.25) is 0 Å². The van der Waals surface area contributed by atoms with E-state index in [-0.39, 0.29) is 31.0 Å². The third-order valence-corrected chi connectivity index (χ3v) is 6.51. The molecule has 3 aromatic carbocycles. The highest BCUT2D eigenvalue weighted by atomic mass is 19.2. The summed E-state index contributed by atoms with van der Waals surface area (Å²) in [6, 6.07) is 16.7. The Balaban J connectivity index is 1.19. The molecule has 5 rings (SSSR count). The van der Waals surface area contributed by atoms with Gasteiger partial charge in [-0.2, -0.15) is 0 Å². The Labute approximate surface area is 237 Å². The van der Waals surface area contributed by atoms with Crippen molar-refractivity contribution in [3.63, 3.8) is 0 Å². The lowest BCUT2D eigenvalue weighted by atomic mass is 10.0. The maximum Gasteiger partial charge on any atom is 0.263 e. The van der Waals surface area contributed by atoms with Crippen molar-refractivity contribution in [2.75, 3.05) is 17.2 Å². The zero-order valence-electron chi connectivity index (χ0n) is 21.9. The van der Waals surface area contributed by atoms with Crippen LogP contribution in [0.15, 0.2) is 83.8 Å². The zero-order valence-corrected chi connectivity index (χ0v) is 21.9. The lowest BCUT2D eigenvalue weighted by Gasteiger charge is -2.10. The smallest absolute Gasteiger partial charge is 0.263 e. The summed E-state index contributed by atoms with van der Waals surface area (Å²) in [5.74, 6) is -3.87. The monoisotopic (exact) mass is 572 g/mol. The molecule has 0 unspecified atom stereocenters. The normalized spacial score (nSPS) is 13.0. The van der Waals surface area contributed by atoms with Crippen LogP contribution < -0.4 is 21.5 Å². The number of nitrogens with zero attached hydrogens (tertiary/aromatic N) is 1. The molecule has 0 saturated carbocycles. The molecule has 1 aliphatic rings. The second-order valence-electron chi connectivity index (χ2n) is 9.48. The summed E-state index contributed by atoms with van der Waals surface area (Å²) in [6.07, 6.45) is 2.94. The third-order valence-electron chi connectivity index (χ3n) is 6.51.